The first-order valence-corrected chi connectivity index (χ1v) is 6.74. The third-order valence-electron chi connectivity index (χ3n) is 3.63. The predicted molar refractivity (Wildman–Crippen MR) is 74.4 cm³/mol. The number of hydrogen-bond acceptors (Lipinski definition) is 4. The zero-order valence-electron chi connectivity index (χ0n) is 11.8. The minimum atomic E-state index is -0.340. The average molecular weight is 265 g/mol. The molecule has 1 fully saturated rings. The summed E-state index contributed by atoms with van der Waals surface area (Å²) >= 11 is 0. The molecule has 4 heteroatoms. The summed E-state index contributed by atoms with van der Waals surface area (Å²) in [6.45, 7) is 4.44. The molecule has 0 radical (unpaired) electrons. The van der Waals surface area contributed by atoms with E-state index >= 15 is 0 Å². The topological polar surface area (TPSA) is 53.7 Å². The molecule has 1 aliphatic heterocycles. The van der Waals surface area contributed by atoms with Gasteiger partial charge in [-0.1, -0.05) is 17.7 Å². The second kappa shape index (κ2) is 6.37. The Morgan fingerprint density at radius 1 is 1.42 bits per heavy atom. The van der Waals surface area contributed by atoms with Gasteiger partial charge in [-0.15, -0.1) is 0 Å². The van der Waals surface area contributed by atoms with Crippen molar-refractivity contribution in [1.29, 1.82) is 0 Å². The van der Waals surface area contributed by atoms with Crippen LogP contribution in [0.4, 0.5) is 0 Å². The Labute approximate surface area is 114 Å². The molecule has 0 aromatic heterocycles. The fraction of sp³-hybridized carbons (Fsp3) is 0.600. The van der Waals surface area contributed by atoms with Crippen LogP contribution >= 0.6 is 0 Å². The second-order valence-electron chi connectivity index (χ2n) is 5.15. The molecular weight excluding hydrogens is 242 g/mol. The molecule has 2 rings (SSSR count). The SMILES string of the molecule is COc1ccc(C)cc1COC1(CN)CCCOC1. The molecule has 2 N–H and O–H groups in total. The van der Waals surface area contributed by atoms with Crippen molar-refractivity contribution in [1.82, 2.24) is 0 Å². The summed E-state index contributed by atoms with van der Waals surface area (Å²) in [6.07, 6.45) is 1.96. The Balaban J connectivity index is 2.06. The fourth-order valence-electron chi connectivity index (χ4n) is 2.41. The Morgan fingerprint density at radius 3 is 2.89 bits per heavy atom. The summed E-state index contributed by atoms with van der Waals surface area (Å²) in [7, 11) is 1.68. The van der Waals surface area contributed by atoms with E-state index in [2.05, 4.69) is 13.0 Å². The molecule has 0 spiro atoms. The van der Waals surface area contributed by atoms with E-state index in [1.807, 2.05) is 12.1 Å². The monoisotopic (exact) mass is 265 g/mol. The number of nitrogens with two attached hydrogens (primary N) is 1. The Morgan fingerprint density at radius 2 is 2.26 bits per heavy atom. The quantitative estimate of drug-likeness (QED) is 0.885. The van der Waals surface area contributed by atoms with Crippen LogP contribution in [-0.2, 0) is 16.1 Å². The Bertz CT molecular complexity index is 414. The van der Waals surface area contributed by atoms with Crippen LogP contribution in [-0.4, -0.2) is 32.5 Å². The van der Waals surface area contributed by atoms with Crippen molar-refractivity contribution in [2.75, 3.05) is 26.9 Å². The highest BCUT2D eigenvalue weighted by Crippen LogP contribution is 2.27. The summed E-state index contributed by atoms with van der Waals surface area (Å²) in [5, 5.41) is 0. The summed E-state index contributed by atoms with van der Waals surface area (Å²) in [5.74, 6) is 0.856. The molecule has 1 aromatic carbocycles. The van der Waals surface area contributed by atoms with E-state index in [9.17, 15) is 0 Å². The predicted octanol–water partition coefficient (Wildman–Crippen LogP) is 2.03. The number of ether oxygens (including phenoxy) is 3. The van der Waals surface area contributed by atoms with Gasteiger partial charge >= 0.3 is 0 Å². The first-order valence-electron chi connectivity index (χ1n) is 6.74. The van der Waals surface area contributed by atoms with E-state index in [4.69, 9.17) is 19.9 Å². The van der Waals surface area contributed by atoms with E-state index in [0.29, 0.717) is 19.8 Å². The summed E-state index contributed by atoms with van der Waals surface area (Å²) in [5.41, 5.74) is 7.78. The molecule has 1 aromatic rings. The van der Waals surface area contributed by atoms with Gasteiger partial charge in [0, 0.05) is 18.7 Å². The standard InChI is InChI=1S/C15H23NO3/c1-12-4-5-14(17-2)13(8-12)9-19-15(10-16)6-3-7-18-11-15/h4-5,8H,3,6-7,9-11,16H2,1-2H3. The minimum absolute atomic E-state index is 0.340. The van der Waals surface area contributed by atoms with Crippen molar-refractivity contribution in [3.05, 3.63) is 29.3 Å². The van der Waals surface area contributed by atoms with Gasteiger partial charge < -0.3 is 19.9 Å². The molecule has 106 valence electrons. The fourth-order valence-corrected chi connectivity index (χ4v) is 2.41. The van der Waals surface area contributed by atoms with Crippen LogP contribution in [0, 0.1) is 6.92 Å². The number of hydrogen-bond donors (Lipinski definition) is 1. The van der Waals surface area contributed by atoms with Crippen LogP contribution in [0.5, 0.6) is 5.75 Å². The maximum Gasteiger partial charge on any atom is 0.124 e. The Kier molecular flexibility index (Phi) is 4.80. The first kappa shape index (κ1) is 14.3. The lowest BCUT2D eigenvalue weighted by atomic mass is 9.96. The number of aryl methyl sites for hydroxylation is 1. The van der Waals surface area contributed by atoms with Gasteiger partial charge in [0.1, 0.15) is 11.4 Å². The molecule has 1 heterocycles. The molecule has 4 nitrogen and oxygen atoms in total. The van der Waals surface area contributed by atoms with Crippen molar-refractivity contribution < 1.29 is 14.2 Å². The van der Waals surface area contributed by atoms with Gasteiger partial charge in [-0.3, -0.25) is 0 Å². The highest BCUT2D eigenvalue weighted by molar-refractivity contribution is 5.36. The van der Waals surface area contributed by atoms with E-state index in [-0.39, 0.29) is 5.60 Å². The first-order chi connectivity index (χ1) is 9.19. The number of benzene rings is 1. The molecule has 0 aliphatic carbocycles. The van der Waals surface area contributed by atoms with Crippen molar-refractivity contribution in [3.63, 3.8) is 0 Å². The molecule has 0 amide bonds. The summed E-state index contributed by atoms with van der Waals surface area (Å²) in [6, 6.07) is 6.10. The lowest BCUT2D eigenvalue weighted by Crippen LogP contribution is -2.47. The zero-order chi connectivity index (χ0) is 13.7. The molecular formula is C15H23NO3. The lowest BCUT2D eigenvalue weighted by molar-refractivity contribution is -0.130. The third kappa shape index (κ3) is 3.47. The highest BCUT2D eigenvalue weighted by Gasteiger charge is 2.32. The second-order valence-corrected chi connectivity index (χ2v) is 5.15. The van der Waals surface area contributed by atoms with Gasteiger partial charge in [-0.05, 0) is 25.8 Å². The molecule has 19 heavy (non-hydrogen) atoms. The lowest BCUT2D eigenvalue weighted by Gasteiger charge is -2.36. The zero-order valence-corrected chi connectivity index (χ0v) is 11.8. The molecule has 1 atom stereocenters. The van der Waals surface area contributed by atoms with E-state index in [0.717, 1.165) is 30.8 Å². The summed E-state index contributed by atoms with van der Waals surface area (Å²) in [4.78, 5) is 0. The van der Waals surface area contributed by atoms with Crippen molar-refractivity contribution in [2.45, 2.75) is 32.0 Å². The maximum absolute atomic E-state index is 6.07. The maximum atomic E-state index is 6.07. The third-order valence-corrected chi connectivity index (χ3v) is 3.63. The molecule has 0 saturated carbocycles. The van der Waals surface area contributed by atoms with Gasteiger partial charge in [0.15, 0.2) is 0 Å². The van der Waals surface area contributed by atoms with E-state index in [1.165, 1.54) is 5.56 Å². The average Bonchev–Trinajstić information content (AvgIpc) is 2.46. The van der Waals surface area contributed by atoms with E-state index < -0.39 is 0 Å². The molecule has 1 saturated heterocycles. The number of rotatable bonds is 5. The van der Waals surface area contributed by atoms with E-state index in [1.54, 1.807) is 7.11 Å². The van der Waals surface area contributed by atoms with Crippen molar-refractivity contribution >= 4 is 0 Å². The number of methoxy groups -OCH3 is 1. The smallest absolute Gasteiger partial charge is 0.124 e. The van der Waals surface area contributed by atoms with Crippen LogP contribution in [0.3, 0.4) is 0 Å². The van der Waals surface area contributed by atoms with Crippen molar-refractivity contribution in [2.24, 2.45) is 5.73 Å². The van der Waals surface area contributed by atoms with Gasteiger partial charge in [-0.25, -0.2) is 0 Å². The van der Waals surface area contributed by atoms with Crippen LogP contribution in [0.25, 0.3) is 0 Å². The van der Waals surface area contributed by atoms with Crippen LogP contribution < -0.4 is 10.5 Å². The van der Waals surface area contributed by atoms with Gasteiger partial charge in [-0.2, -0.15) is 0 Å². The van der Waals surface area contributed by atoms with Gasteiger partial charge in [0.05, 0.1) is 20.3 Å². The minimum Gasteiger partial charge on any atom is -0.496 e. The molecule has 1 aliphatic rings. The van der Waals surface area contributed by atoms with Crippen LogP contribution in [0.1, 0.15) is 24.0 Å². The normalized spacial score (nSPS) is 23.3. The Hall–Kier alpha value is -1.10. The molecule has 1 unspecified atom stereocenters. The molecule has 0 bridgehead atoms. The van der Waals surface area contributed by atoms with Gasteiger partial charge in [0.25, 0.3) is 0 Å². The summed E-state index contributed by atoms with van der Waals surface area (Å²) < 4.78 is 16.9. The van der Waals surface area contributed by atoms with Crippen LogP contribution in [0.15, 0.2) is 18.2 Å². The van der Waals surface area contributed by atoms with Crippen LogP contribution in [0.2, 0.25) is 0 Å². The highest BCUT2D eigenvalue weighted by atomic mass is 16.5. The largest absolute Gasteiger partial charge is 0.496 e. The van der Waals surface area contributed by atoms with Gasteiger partial charge in [0.2, 0.25) is 0 Å². The van der Waals surface area contributed by atoms with Crippen molar-refractivity contribution in [3.8, 4) is 5.75 Å².